The van der Waals surface area contributed by atoms with Gasteiger partial charge in [-0.2, -0.15) is 0 Å². The molecule has 0 unspecified atom stereocenters. The third-order valence-corrected chi connectivity index (χ3v) is 9.32. The zero-order chi connectivity index (χ0) is 33.3. The molecule has 0 amide bonds. The average molecular weight is 638 g/mol. The molecule has 0 saturated heterocycles. The summed E-state index contributed by atoms with van der Waals surface area (Å²) in [6.45, 7) is 0. The van der Waals surface area contributed by atoms with E-state index in [1.807, 2.05) is 60.7 Å². The lowest BCUT2D eigenvalue weighted by Gasteiger charge is -2.15. The van der Waals surface area contributed by atoms with Crippen LogP contribution in [0.4, 0.5) is 0 Å². The predicted octanol–water partition coefficient (Wildman–Crippen LogP) is 12.2. The first-order valence-electron chi connectivity index (χ1n) is 16.9. The molecule has 0 bridgehead atoms. The van der Waals surface area contributed by atoms with Crippen molar-refractivity contribution in [3.05, 3.63) is 188 Å². The molecule has 1 heterocycles. The highest BCUT2D eigenvalue weighted by atomic mass is 15.0. The highest BCUT2D eigenvalue weighted by molar-refractivity contribution is 6.06. The molecular formula is C47H31N3. The third kappa shape index (κ3) is 5.51. The Kier molecular flexibility index (Phi) is 7.49. The molecule has 0 fully saturated rings. The number of aromatic nitrogens is 3. The Labute approximate surface area is 291 Å². The Morgan fingerprint density at radius 2 is 0.660 bits per heavy atom. The van der Waals surface area contributed by atoms with Gasteiger partial charge >= 0.3 is 0 Å². The number of nitrogens with zero attached hydrogens (tertiary/aromatic N) is 3. The second kappa shape index (κ2) is 12.7. The molecule has 50 heavy (non-hydrogen) atoms. The van der Waals surface area contributed by atoms with Gasteiger partial charge in [-0.3, -0.25) is 0 Å². The molecule has 1 aromatic heterocycles. The van der Waals surface area contributed by atoms with Crippen molar-refractivity contribution in [2.45, 2.75) is 0 Å². The van der Waals surface area contributed by atoms with Gasteiger partial charge in [0.15, 0.2) is 17.5 Å². The molecule has 234 valence electrons. The molecule has 0 atom stereocenters. The summed E-state index contributed by atoms with van der Waals surface area (Å²) in [6, 6.07) is 66.0. The van der Waals surface area contributed by atoms with Crippen molar-refractivity contribution in [3.8, 4) is 67.5 Å². The quantitative estimate of drug-likeness (QED) is 0.182. The van der Waals surface area contributed by atoms with Crippen LogP contribution >= 0.6 is 0 Å². The van der Waals surface area contributed by atoms with Crippen LogP contribution in [-0.4, -0.2) is 15.0 Å². The SMILES string of the molecule is c1ccc(-c2nc(-c3ccccc3)nc(-c3ccc(-c4ccc5cc(-c6ccccc6)c(-c6ccccc6)cc5c4)c4ccccc34)n2)cc1. The molecule has 0 aliphatic heterocycles. The summed E-state index contributed by atoms with van der Waals surface area (Å²) in [5.74, 6) is 1.96. The first kappa shape index (κ1) is 29.4. The molecule has 3 nitrogen and oxygen atoms in total. The van der Waals surface area contributed by atoms with Crippen LogP contribution in [0.3, 0.4) is 0 Å². The minimum Gasteiger partial charge on any atom is -0.208 e. The van der Waals surface area contributed by atoms with Crippen molar-refractivity contribution in [2.24, 2.45) is 0 Å². The topological polar surface area (TPSA) is 38.7 Å². The van der Waals surface area contributed by atoms with Gasteiger partial charge in [0.1, 0.15) is 0 Å². The second-order valence-electron chi connectivity index (χ2n) is 12.4. The van der Waals surface area contributed by atoms with E-state index in [2.05, 4.69) is 127 Å². The maximum atomic E-state index is 5.04. The van der Waals surface area contributed by atoms with Crippen molar-refractivity contribution in [1.29, 1.82) is 0 Å². The van der Waals surface area contributed by atoms with E-state index in [1.165, 1.54) is 38.6 Å². The fourth-order valence-corrected chi connectivity index (χ4v) is 6.85. The zero-order valence-electron chi connectivity index (χ0n) is 27.2. The normalized spacial score (nSPS) is 11.2. The maximum absolute atomic E-state index is 5.04. The predicted molar refractivity (Wildman–Crippen MR) is 207 cm³/mol. The fourth-order valence-electron chi connectivity index (χ4n) is 6.85. The summed E-state index contributed by atoms with van der Waals surface area (Å²) < 4.78 is 0. The summed E-state index contributed by atoms with van der Waals surface area (Å²) in [5.41, 5.74) is 10.1. The summed E-state index contributed by atoms with van der Waals surface area (Å²) in [5, 5.41) is 4.65. The Morgan fingerprint density at radius 1 is 0.240 bits per heavy atom. The molecule has 0 N–H and O–H groups in total. The van der Waals surface area contributed by atoms with Gasteiger partial charge < -0.3 is 0 Å². The van der Waals surface area contributed by atoms with Crippen LogP contribution in [0.5, 0.6) is 0 Å². The lowest BCUT2D eigenvalue weighted by molar-refractivity contribution is 1.08. The second-order valence-corrected chi connectivity index (χ2v) is 12.4. The van der Waals surface area contributed by atoms with Gasteiger partial charge in [-0.25, -0.2) is 15.0 Å². The first-order valence-corrected chi connectivity index (χ1v) is 16.9. The highest BCUT2D eigenvalue weighted by Gasteiger charge is 2.17. The molecule has 9 aromatic rings. The van der Waals surface area contributed by atoms with Crippen molar-refractivity contribution >= 4 is 21.5 Å². The molecule has 0 radical (unpaired) electrons. The fraction of sp³-hybridized carbons (Fsp3) is 0. The van der Waals surface area contributed by atoms with E-state index in [-0.39, 0.29) is 0 Å². The molecule has 0 saturated carbocycles. The number of rotatable bonds is 6. The average Bonchev–Trinajstić information content (AvgIpc) is 3.21. The zero-order valence-corrected chi connectivity index (χ0v) is 27.2. The molecule has 0 aliphatic rings. The minimum absolute atomic E-state index is 0.653. The van der Waals surface area contributed by atoms with Crippen molar-refractivity contribution in [1.82, 2.24) is 15.0 Å². The molecule has 9 rings (SSSR count). The van der Waals surface area contributed by atoms with Crippen LogP contribution in [0.2, 0.25) is 0 Å². The smallest absolute Gasteiger partial charge is 0.164 e. The standard InChI is InChI=1S/C47H31N3/c1-5-15-32(16-6-1)43-30-36-25-26-37(29-38(36)31-44(43)33-17-7-2-8-18-33)39-27-28-42(41-24-14-13-23-40(39)41)47-49-45(34-19-9-3-10-20-34)48-46(50-47)35-21-11-4-12-22-35/h1-31H. The van der Waals surface area contributed by atoms with Gasteiger partial charge in [-0.05, 0) is 79.2 Å². The van der Waals surface area contributed by atoms with Crippen LogP contribution in [0, 0.1) is 0 Å². The number of hydrogen-bond acceptors (Lipinski definition) is 3. The summed E-state index contributed by atoms with van der Waals surface area (Å²) >= 11 is 0. The summed E-state index contributed by atoms with van der Waals surface area (Å²) in [7, 11) is 0. The van der Waals surface area contributed by atoms with Crippen molar-refractivity contribution in [2.75, 3.05) is 0 Å². The highest BCUT2D eigenvalue weighted by Crippen LogP contribution is 2.40. The van der Waals surface area contributed by atoms with E-state index < -0.39 is 0 Å². The molecular weight excluding hydrogens is 607 g/mol. The molecule has 8 aromatic carbocycles. The monoisotopic (exact) mass is 637 g/mol. The largest absolute Gasteiger partial charge is 0.208 e. The lowest BCUT2D eigenvalue weighted by Crippen LogP contribution is -2.00. The molecule has 3 heteroatoms. The van der Waals surface area contributed by atoms with E-state index in [9.17, 15) is 0 Å². The van der Waals surface area contributed by atoms with Crippen molar-refractivity contribution < 1.29 is 0 Å². The van der Waals surface area contributed by atoms with E-state index in [4.69, 9.17) is 15.0 Å². The Morgan fingerprint density at radius 3 is 1.20 bits per heavy atom. The van der Waals surface area contributed by atoms with Gasteiger partial charge in [-0.15, -0.1) is 0 Å². The van der Waals surface area contributed by atoms with E-state index in [0.29, 0.717) is 17.5 Å². The lowest BCUT2D eigenvalue weighted by atomic mass is 9.89. The van der Waals surface area contributed by atoms with Gasteiger partial charge in [-0.1, -0.05) is 164 Å². The van der Waals surface area contributed by atoms with Gasteiger partial charge in [0.2, 0.25) is 0 Å². The van der Waals surface area contributed by atoms with Gasteiger partial charge in [0, 0.05) is 16.7 Å². The Bertz CT molecular complexity index is 2560. The van der Waals surface area contributed by atoms with Crippen LogP contribution in [0.15, 0.2) is 188 Å². The molecule has 0 aliphatic carbocycles. The number of fused-ring (bicyclic) bond motifs is 2. The summed E-state index contributed by atoms with van der Waals surface area (Å²) in [4.78, 5) is 15.0. The van der Waals surface area contributed by atoms with Crippen LogP contribution < -0.4 is 0 Å². The van der Waals surface area contributed by atoms with Crippen LogP contribution in [0.1, 0.15) is 0 Å². The van der Waals surface area contributed by atoms with Gasteiger partial charge in [0.25, 0.3) is 0 Å². The summed E-state index contributed by atoms with van der Waals surface area (Å²) in [6.07, 6.45) is 0. The molecule has 0 spiro atoms. The maximum Gasteiger partial charge on any atom is 0.164 e. The van der Waals surface area contributed by atoms with E-state index in [0.717, 1.165) is 33.0 Å². The number of benzene rings is 8. The third-order valence-electron chi connectivity index (χ3n) is 9.32. The Hall–Kier alpha value is -6.71. The minimum atomic E-state index is 0.653. The Balaban J connectivity index is 1.20. The van der Waals surface area contributed by atoms with Crippen molar-refractivity contribution in [3.63, 3.8) is 0 Å². The van der Waals surface area contributed by atoms with E-state index in [1.54, 1.807) is 0 Å². The van der Waals surface area contributed by atoms with E-state index >= 15 is 0 Å². The van der Waals surface area contributed by atoms with Crippen LogP contribution in [-0.2, 0) is 0 Å². The first-order chi connectivity index (χ1) is 24.8. The van der Waals surface area contributed by atoms with Crippen LogP contribution in [0.25, 0.3) is 89.1 Å². The van der Waals surface area contributed by atoms with Gasteiger partial charge in [0.05, 0.1) is 0 Å². The number of hydrogen-bond donors (Lipinski definition) is 0.